The molecular formula is C19H27NO6. The van der Waals surface area contributed by atoms with Crippen LogP contribution in [0.3, 0.4) is 0 Å². The normalized spacial score (nSPS) is 14.4. The lowest BCUT2D eigenvalue weighted by molar-refractivity contribution is -0.124. The lowest BCUT2D eigenvalue weighted by atomic mass is 9.89. The summed E-state index contributed by atoms with van der Waals surface area (Å²) < 4.78 is 20.8. The molecule has 0 saturated heterocycles. The highest BCUT2D eigenvalue weighted by molar-refractivity contribution is 5.95. The van der Waals surface area contributed by atoms with Crippen molar-refractivity contribution in [3.05, 3.63) is 17.7 Å². The zero-order chi connectivity index (χ0) is 18.9. The van der Waals surface area contributed by atoms with Gasteiger partial charge in [-0.15, -0.1) is 0 Å². The number of amides is 1. The standard InChI is InChI=1S/C19H27NO6/c1-23-15-10-9-14(17(24-2)18(15)25-3)19(22)26-12-16(21)20-11-13-7-5-4-6-8-13/h9-10,13H,4-8,11-12H2,1-3H3,(H,20,21). The Balaban J connectivity index is 1.91. The van der Waals surface area contributed by atoms with E-state index in [1.807, 2.05) is 0 Å². The first-order valence-electron chi connectivity index (χ1n) is 8.83. The van der Waals surface area contributed by atoms with Crippen LogP contribution in [0.25, 0.3) is 0 Å². The van der Waals surface area contributed by atoms with Crippen molar-refractivity contribution in [2.75, 3.05) is 34.5 Å². The van der Waals surface area contributed by atoms with Crippen LogP contribution in [0, 0.1) is 5.92 Å². The van der Waals surface area contributed by atoms with E-state index in [9.17, 15) is 9.59 Å². The molecule has 2 rings (SSSR count). The molecule has 0 unspecified atom stereocenters. The van der Waals surface area contributed by atoms with Crippen LogP contribution in [0.15, 0.2) is 12.1 Å². The Morgan fingerprint density at radius 1 is 1.00 bits per heavy atom. The van der Waals surface area contributed by atoms with Crippen LogP contribution in [0.5, 0.6) is 17.2 Å². The first-order valence-corrected chi connectivity index (χ1v) is 8.83. The highest BCUT2D eigenvalue weighted by atomic mass is 16.5. The van der Waals surface area contributed by atoms with Crippen molar-refractivity contribution in [2.45, 2.75) is 32.1 Å². The van der Waals surface area contributed by atoms with E-state index in [-0.39, 0.29) is 23.8 Å². The molecule has 7 nitrogen and oxygen atoms in total. The second-order valence-corrected chi connectivity index (χ2v) is 6.27. The number of esters is 1. The smallest absolute Gasteiger partial charge is 0.342 e. The van der Waals surface area contributed by atoms with Crippen LogP contribution in [0.2, 0.25) is 0 Å². The van der Waals surface area contributed by atoms with Crippen LogP contribution in [-0.4, -0.2) is 46.4 Å². The summed E-state index contributed by atoms with van der Waals surface area (Å²) in [5.41, 5.74) is 0.172. The number of ether oxygens (including phenoxy) is 4. The van der Waals surface area contributed by atoms with Gasteiger partial charge in [0.15, 0.2) is 18.1 Å². The third-order valence-electron chi connectivity index (χ3n) is 4.57. The summed E-state index contributed by atoms with van der Waals surface area (Å²) in [6.45, 7) is 0.305. The van der Waals surface area contributed by atoms with Gasteiger partial charge in [-0.3, -0.25) is 4.79 Å². The Labute approximate surface area is 153 Å². The number of carbonyl (C=O) groups is 2. The fourth-order valence-electron chi connectivity index (χ4n) is 3.17. The number of nitrogens with one attached hydrogen (secondary N) is 1. The van der Waals surface area contributed by atoms with Gasteiger partial charge in [-0.1, -0.05) is 19.3 Å². The summed E-state index contributed by atoms with van der Waals surface area (Å²) in [5.74, 6) is 0.505. The second-order valence-electron chi connectivity index (χ2n) is 6.27. The van der Waals surface area contributed by atoms with Gasteiger partial charge < -0.3 is 24.3 Å². The molecule has 1 amide bonds. The first-order chi connectivity index (χ1) is 12.6. The number of benzene rings is 1. The molecule has 0 radical (unpaired) electrons. The van der Waals surface area contributed by atoms with E-state index < -0.39 is 5.97 Å². The van der Waals surface area contributed by atoms with Crippen LogP contribution in [0.1, 0.15) is 42.5 Å². The molecule has 0 bridgehead atoms. The maximum Gasteiger partial charge on any atom is 0.342 e. The fraction of sp³-hybridized carbons (Fsp3) is 0.579. The highest BCUT2D eigenvalue weighted by Gasteiger charge is 2.22. The summed E-state index contributed by atoms with van der Waals surface area (Å²) in [6.07, 6.45) is 5.99. The third-order valence-corrected chi connectivity index (χ3v) is 4.57. The highest BCUT2D eigenvalue weighted by Crippen LogP contribution is 2.39. The Morgan fingerprint density at radius 3 is 2.31 bits per heavy atom. The second kappa shape index (κ2) is 9.89. The summed E-state index contributed by atoms with van der Waals surface area (Å²) >= 11 is 0. The largest absolute Gasteiger partial charge is 0.493 e. The summed E-state index contributed by atoms with van der Waals surface area (Å²) in [6, 6.07) is 3.10. The van der Waals surface area contributed by atoms with E-state index in [4.69, 9.17) is 18.9 Å². The molecule has 1 saturated carbocycles. The van der Waals surface area contributed by atoms with Gasteiger partial charge in [0.25, 0.3) is 5.91 Å². The van der Waals surface area contributed by atoms with Gasteiger partial charge in [-0.2, -0.15) is 0 Å². The molecular weight excluding hydrogens is 338 g/mol. The quantitative estimate of drug-likeness (QED) is 0.713. The maximum atomic E-state index is 12.3. The minimum atomic E-state index is -0.657. The van der Waals surface area contributed by atoms with E-state index in [0.717, 1.165) is 12.8 Å². The Hall–Kier alpha value is -2.44. The molecule has 1 aromatic carbocycles. The van der Waals surface area contributed by atoms with E-state index >= 15 is 0 Å². The molecule has 1 N–H and O–H groups in total. The topological polar surface area (TPSA) is 83.1 Å². The minimum Gasteiger partial charge on any atom is -0.493 e. The van der Waals surface area contributed by atoms with E-state index in [1.54, 1.807) is 6.07 Å². The van der Waals surface area contributed by atoms with Crippen LogP contribution >= 0.6 is 0 Å². The van der Waals surface area contributed by atoms with Crippen LogP contribution in [0.4, 0.5) is 0 Å². The van der Waals surface area contributed by atoms with E-state index in [0.29, 0.717) is 24.0 Å². The zero-order valence-electron chi connectivity index (χ0n) is 15.6. The molecule has 0 aromatic heterocycles. The van der Waals surface area contributed by atoms with Gasteiger partial charge in [0.05, 0.1) is 21.3 Å². The third kappa shape index (κ3) is 5.03. The number of hydrogen-bond acceptors (Lipinski definition) is 6. The number of carbonyl (C=O) groups excluding carboxylic acids is 2. The summed E-state index contributed by atoms with van der Waals surface area (Å²) in [4.78, 5) is 24.3. The van der Waals surface area contributed by atoms with Crippen molar-refractivity contribution in [1.29, 1.82) is 0 Å². The van der Waals surface area contributed by atoms with Gasteiger partial charge in [0.2, 0.25) is 5.75 Å². The first kappa shape index (κ1) is 19.9. The van der Waals surface area contributed by atoms with Crippen molar-refractivity contribution in [2.24, 2.45) is 5.92 Å². The monoisotopic (exact) mass is 365 g/mol. The fourth-order valence-corrected chi connectivity index (χ4v) is 3.17. The van der Waals surface area contributed by atoms with Crippen LogP contribution < -0.4 is 19.5 Å². The molecule has 0 spiro atoms. The lowest BCUT2D eigenvalue weighted by Crippen LogP contribution is -2.33. The van der Waals surface area contributed by atoms with Gasteiger partial charge in [0, 0.05) is 6.54 Å². The van der Waals surface area contributed by atoms with Gasteiger partial charge in [-0.25, -0.2) is 4.79 Å². The van der Waals surface area contributed by atoms with E-state index in [2.05, 4.69) is 5.32 Å². The summed E-state index contributed by atoms with van der Waals surface area (Å²) in [5, 5.41) is 2.84. The van der Waals surface area contributed by atoms with Crippen molar-refractivity contribution in [3.63, 3.8) is 0 Å². The Kier molecular flexibility index (Phi) is 7.56. The molecule has 0 aliphatic heterocycles. The van der Waals surface area contributed by atoms with Crippen LogP contribution in [-0.2, 0) is 9.53 Å². The van der Waals surface area contributed by atoms with Gasteiger partial charge in [0.1, 0.15) is 5.56 Å². The maximum absolute atomic E-state index is 12.3. The number of methoxy groups -OCH3 is 3. The SMILES string of the molecule is COc1ccc(C(=O)OCC(=O)NCC2CCCCC2)c(OC)c1OC. The van der Waals surface area contributed by atoms with Crippen molar-refractivity contribution < 1.29 is 28.5 Å². The summed E-state index contributed by atoms with van der Waals surface area (Å²) in [7, 11) is 4.37. The van der Waals surface area contributed by atoms with E-state index in [1.165, 1.54) is 46.7 Å². The zero-order valence-corrected chi connectivity index (χ0v) is 15.6. The van der Waals surface area contributed by atoms with Gasteiger partial charge >= 0.3 is 5.97 Å². The molecule has 1 aromatic rings. The Morgan fingerprint density at radius 2 is 1.69 bits per heavy atom. The Bertz CT molecular complexity index is 625. The molecule has 0 atom stereocenters. The molecule has 1 aliphatic carbocycles. The average molecular weight is 365 g/mol. The molecule has 0 heterocycles. The molecule has 144 valence electrons. The molecule has 1 aliphatic rings. The van der Waals surface area contributed by atoms with Crippen molar-refractivity contribution in [3.8, 4) is 17.2 Å². The number of rotatable bonds is 8. The van der Waals surface area contributed by atoms with Crippen molar-refractivity contribution in [1.82, 2.24) is 5.32 Å². The van der Waals surface area contributed by atoms with Crippen molar-refractivity contribution >= 4 is 11.9 Å². The van der Waals surface area contributed by atoms with Gasteiger partial charge in [-0.05, 0) is 30.9 Å². The predicted molar refractivity (Wildman–Crippen MR) is 96.0 cm³/mol. The lowest BCUT2D eigenvalue weighted by Gasteiger charge is -2.21. The molecule has 1 fully saturated rings. The number of hydrogen-bond donors (Lipinski definition) is 1. The molecule has 7 heteroatoms. The predicted octanol–water partition coefficient (Wildman–Crippen LogP) is 2.57. The minimum absolute atomic E-state index is 0.172. The molecule has 26 heavy (non-hydrogen) atoms. The average Bonchev–Trinajstić information content (AvgIpc) is 2.69.